The van der Waals surface area contributed by atoms with E-state index in [1.54, 1.807) is 0 Å². The number of esters is 1. The Bertz CT molecular complexity index is 299. The van der Waals surface area contributed by atoms with Crippen LogP contribution in [0.5, 0.6) is 0 Å². The van der Waals surface area contributed by atoms with E-state index in [0.717, 1.165) is 0 Å². The van der Waals surface area contributed by atoms with Gasteiger partial charge in [0.05, 0.1) is 5.56 Å². The van der Waals surface area contributed by atoms with Crippen molar-refractivity contribution in [2.24, 2.45) is 0 Å². The highest BCUT2D eigenvalue weighted by Gasteiger charge is 2.09. The molecule has 0 saturated carbocycles. The molecule has 0 aromatic carbocycles. The topological polar surface area (TPSA) is 56.3 Å². The van der Waals surface area contributed by atoms with E-state index in [1.165, 1.54) is 24.5 Å². The first-order valence-electron chi connectivity index (χ1n) is 3.02. The molecule has 1 aromatic heterocycles. The molecule has 0 N–H and O–H groups in total. The SMILES string of the molecule is O=C(Cl)OC(=O)c1ccncc1. The lowest BCUT2D eigenvalue weighted by atomic mass is 10.3. The van der Waals surface area contributed by atoms with Crippen LogP contribution in [0.2, 0.25) is 0 Å². The largest absolute Gasteiger partial charge is 0.411 e. The van der Waals surface area contributed by atoms with Crippen molar-refractivity contribution in [2.75, 3.05) is 0 Å². The fourth-order valence-electron chi connectivity index (χ4n) is 0.620. The van der Waals surface area contributed by atoms with Crippen molar-refractivity contribution >= 4 is 23.0 Å². The maximum atomic E-state index is 10.9. The highest BCUT2D eigenvalue weighted by atomic mass is 35.5. The first-order chi connectivity index (χ1) is 5.70. The molecule has 0 saturated heterocycles. The number of ether oxygens (including phenoxy) is 1. The summed E-state index contributed by atoms with van der Waals surface area (Å²) < 4.78 is 4.10. The quantitative estimate of drug-likeness (QED) is 0.379. The van der Waals surface area contributed by atoms with Gasteiger partial charge in [0.15, 0.2) is 0 Å². The third kappa shape index (κ3) is 2.32. The van der Waals surface area contributed by atoms with Gasteiger partial charge in [0.25, 0.3) is 0 Å². The molecule has 0 radical (unpaired) electrons. The van der Waals surface area contributed by atoms with E-state index < -0.39 is 11.4 Å². The van der Waals surface area contributed by atoms with Crippen molar-refractivity contribution in [3.05, 3.63) is 30.1 Å². The minimum atomic E-state index is -1.14. The molecule has 0 fully saturated rings. The number of carbonyl (C=O) groups is 2. The summed E-state index contributed by atoms with van der Waals surface area (Å²) in [6, 6.07) is 2.84. The molecule has 0 aliphatic heterocycles. The minimum Gasteiger partial charge on any atom is -0.377 e. The summed E-state index contributed by atoms with van der Waals surface area (Å²) in [7, 11) is 0. The van der Waals surface area contributed by atoms with Gasteiger partial charge in [-0.3, -0.25) is 4.98 Å². The second-order valence-electron chi connectivity index (χ2n) is 1.86. The fraction of sp³-hybridized carbons (Fsp3) is 0. The molecular formula is C7H4ClNO3. The molecule has 1 aromatic rings. The summed E-state index contributed by atoms with van der Waals surface area (Å²) in [5.41, 5.74) is -0.907. The number of rotatable bonds is 1. The molecule has 4 nitrogen and oxygen atoms in total. The number of halogens is 1. The summed E-state index contributed by atoms with van der Waals surface area (Å²) in [4.78, 5) is 24.7. The molecule has 5 heteroatoms. The van der Waals surface area contributed by atoms with E-state index in [4.69, 9.17) is 11.6 Å². The lowest BCUT2D eigenvalue weighted by Crippen LogP contribution is -2.06. The number of nitrogens with zero attached hydrogens (tertiary/aromatic N) is 1. The average Bonchev–Trinajstić information content (AvgIpc) is 2.05. The van der Waals surface area contributed by atoms with Crippen molar-refractivity contribution in [2.45, 2.75) is 0 Å². The molecular weight excluding hydrogens is 182 g/mol. The van der Waals surface area contributed by atoms with Crippen LogP contribution in [-0.2, 0) is 4.74 Å². The number of pyridine rings is 1. The van der Waals surface area contributed by atoms with Crippen LogP contribution in [0.3, 0.4) is 0 Å². The minimum absolute atomic E-state index is 0.235. The van der Waals surface area contributed by atoms with Crippen LogP contribution in [-0.4, -0.2) is 16.4 Å². The van der Waals surface area contributed by atoms with E-state index in [2.05, 4.69) is 9.72 Å². The van der Waals surface area contributed by atoms with Crippen LogP contribution in [0.4, 0.5) is 4.79 Å². The summed E-state index contributed by atoms with van der Waals surface area (Å²) in [5, 5.41) is 0. The van der Waals surface area contributed by atoms with Gasteiger partial charge >= 0.3 is 11.4 Å². The Morgan fingerprint density at radius 1 is 1.33 bits per heavy atom. The van der Waals surface area contributed by atoms with E-state index in [-0.39, 0.29) is 5.56 Å². The van der Waals surface area contributed by atoms with Gasteiger partial charge in [0.2, 0.25) is 0 Å². The molecule has 12 heavy (non-hydrogen) atoms. The Morgan fingerprint density at radius 3 is 2.42 bits per heavy atom. The van der Waals surface area contributed by atoms with Crippen molar-refractivity contribution in [1.29, 1.82) is 0 Å². The second kappa shape index (κ2) is 3.82. The summed E-state index contributed by atoms with van der Waals surface area (Å²) in [5.74, 6) is -0.780. The zero-order valence-corrected chi connectivity index (χ0v) is 6.62. The van der Waals surface area contributed by atoms with Crippen molar-refractivity contribution in [3.63, 3.8) is 0 Å². The standard InChI is InChI=1S/C7H4ClNO3/c8-7(11)12-6(10)5-1-3-9-4-2-5/h1-4H. The second-order valence-corrected chi connectivity index (χ2v) is 2.17. The first kappa shape index (κ1) is 8.67. The highest BCUT2D eigenvalue weighted by Crippen LogP contribution is 2.00. The monoisotopic (exact) mass is 185 g/mol. The van der Waals surface area contributed by atoms with E-state index >= 15 is 0 Å². The highest BCUT2D eigenvalue weighted by molar-refractivity contribution is 6.62. The lowest BCUT2D eigenvalue weighted by Gasteiger charge is -1.96. The molecule has 0 bridgehead atoms. The van der Waals surface area contributed by atoms with Crippen molar-refractivity contribution < 1.29 is 14.3 Å². The zero-order valence-electron chi connectivity index (χ0n) is 5.86. The molecule has 1 rings (SSSR count). The Labute approximate surface area is 73.1 Å². The van der Waals surface area contributed by atoms with Crippen LogP contribution in [0, 0.1) is 0 Å². The Kier molecular flexibility index (Phi) is 2.76. The number of hydrogen-bond acceptors (Lipinski definition) is 4. The van der Waals surface area contributed by atoms with Crippen LogP contribution in [0.15, 0.2) is 24.5 Å². The average molecular weight is 186 g/mol. The van der Waals surface area contributed by atoms with Gasteiger partial charge < -0.3 is 4.74 Å². The number of carbonyl (C=O) groups excluding carboxylic acids is 2. The third-order valence-electron chi connectivity index (χ3n) is 1.09. The van der Waals surface area contributed by atoms with E-state index in [0.29, 0.717) is 0 Å². The van der Waals surface area contributed by atoms with E-state index in [9.17, 15) is 9.59 Å². The molecule has 0 aliphatic carbocycles. The van der Waals surface area contributed by atoms with Gasteiger partial charge in [0.1, 0.15) is 0 Å². The molecule has 0 atom stereocenters. The normalized spacial score (nSPS) is 9.08. The predicted octanol–water partition coefficient (Wildman–Crippen LogP) is 1.60. The van der Waals surface area contributed by atoms with Gasteiger partial charge in [0, 0.05) is 24.0 Å². The molecule has 0 spiro atoms. The number of hydrogen-bond donors (Lipinski definition) is 0. The summed E-state index contributed by atoms with van der Waals surface area (Å²) >= 11 is 4.82. The Balaban J connectivity index is 2.73. The molecule has 62 valence electrons. The smallest absolute Gasteiger partial charge is 0.377 e. The lowest BCUT2D eigenvalue weighted by molar-refractivity contribution is 0.0662. The van der Waals surface area contributed by atoms with Gasteiger partial charge in [-0.25, -0.2) is 9.59 Å². The van der Waals surface area contributed by atoms with E-state index in [1.807, 2.05) is 0 Å². The molecule has 0 amide bonds. The maximum Gasteiger partial charge on any atom is 0.411 e. The maximum absolute atomic E-state index is 10.9. The fourth-order valence-corrected chi connectivity index (χ4v) is 0.690. The van der Waals surface area contributed by atoms with Crippen molar-refractivity contribution in [1.82, 2.24) is 4.98 Å². The molecule has 0 unspecified atom stereocenters. The molecule has 1 heterocycles. The van der Waals surface area contributed by atoms with Crippen molar-refractivity contribution in [3.8, 4) is 0 Å². The Hall–Kier alpha value is -1.42. The summed E-state index contributed by atoms with van der Waals surface area (Å²) in [6.07, 6.45) is 2.82. The van der Waals surface area contributed by atoms with Crippen LogP contribution < -0.4 is 0 Å². The van der Waals surface area contributed by atoms with Crippen LogP contribution >= 0.6 is 11.6 Å². The van der Waals surface area contributed by atoms with Crippen LogP contribution in [0.1, 0.15) is 10.4 Å². The van der Waals surface area contributed by atoms with Gasteiger partial charge in [-0.2, -0.15) is 0 Å². The van der Waals surface area contributed by atoms with Crippen LogP contribution in [0.25, 0.3) is 0 Å². The van der Waals surface area contributed by atoms with Gasteiger partial charge in [-0.1, -0.05) is 0 Å². The molecule has 0 aliphatic rings. The van der Waals surface area contributed by atoms with Gasteiger partial charge in [-0.05, 0) is 12.1 Å². The number of aromatic nitrogens is 1. The Morgan fingerprint density at radius 2 is 1.92 bits per heavy atom. The predicted molar refractivity (Wildman–Crippen MR) is 40.9 cm³/mol. The van der Waals surface area contributed by atoms with Gasteiger partial charge in [-0.15, -0.1) is 0 Å². The summed E-state index contributed by atoms with van der Waals surface area (Å²) in [6.45, 7) is 0. The third-order valence-corrected chi connectivity index (χ3v) is 1.17. The first-order valence-corrected chi connectivity index (χ1v) is 3.39. The zero-order chi connectivity index (χ0) is 8.97.